The average molecular weight is 277 g/mol. The van der Waals surface area contributed by atoms with Crippen LogP contribution >= 0.6 is 11.6 Å². The van der Waals surface area contributed by atoms with Crippen LogP contribution < -0.4 is 4.74 Å². The molecule has 0 aliphatic heterocycles. The minimum absolute atomic E-state index is 0.386. The van der Waals surface area contributed by atoms with E-state index in [1.54, 1.807) is 24.3 Å². The highest BCUT2D eigenvalue weighted by molar-refractivity contribution is 6.18. The first-order valence-corrected chi connectivity index (χ1v) is 5.89. The second-order valence-electron chi connectivity index (χ2n) is 3.48. The first-order valence-electron chi connectivity index (χ1n) is 5.36. The maximum absolute atomic E-state index is 11.9. The van der Waals surface area contributed by atoms with Crippen LogP contribution in [0.1, 0.15) is 18.4 Å². The molecule has 5 heteroatoms. The Labute approximate surface area is 109 Å². The van der Waals surface area contributed by atoms with E-state index in [1.807, 2.05) is 0 Å². The number of ether oxygens (including phenoxy) is 1. The normalized spacial score (nSPS) is 10.7. The van der Waals surface area contributed by atoms with Gasteiger partial charge in [0.25, 0.3) is 0 Å². The predicted octanol–water partition coefficient (Wildman–Crippen LogP) is 4.00. The van der Waals surface area contributed by atoms with Crippen LogP contribution in [0.3, 0.4) is 0 Å². The average Bonchev–Trinajstić information content (AvgIpc) is 2.28. The molecule has 18 heavy (non-hydrogen) atoms. The lowest BCUT2D eigenvalue weighted by Crippen LogP contribution is -2.12. The zero-order chi connectivity index (χ0) is 13.4. The zero-order valence-corrected chi connectivity index (χ0v) is 10.3. The molecule has 0 atom stereocenters. The van der Waals surface area contributed by atoms with Gasteiger partial charge in [-0.25, -0.2) is 0 Å². The van der Waals surface area contributed by atoms with Gasteiger partial charge in [0.05, 0.1) is 13.0 Å². The molecule has 0 saturated carbocycles. The van der Waals surface area contributed by atoms with E-state index in [9.17, 15) is 13.2 Å². The van der Waals surface area contributed by atoms with Crippen molar-refractivity contribution in [2.24, 2.45) is 0 Å². The van der Waals surface area contributed by atoms with Gasteiger partial charge < -0.3 is 4.74 Å². The lowest BCUT2D eigenvalue weighted by molar-refractivity contribution is -0.139. The molecule has 0 N–H and O–H groups in total. The second kappa shape index (κ2) is 7.17. The molecule has 1 aromatic carbocycles. The van der Waals surface area contributed by atoms with Crippen LogP contribution in [0.25, 0.3) is 0 Å². The number of rotatable bonds is 4. The van der Waals surface area contributed by atoms with Crippen molar-refractivity contribution in [3.8, 4) is 17.6 Å². The first kappa shape index (κ1) is 14.7. The van der Waals surface area contributed by atoms with Crippen molar-refractivity contribution < 1.29 is 17.9 Å². The molecule has 0 amide bonds. The minimum Gasteiger partial charge on any atom is -0.493 e. The van der Waals surface area contributed by atoms with Gasteiger partial charge in [0, 0.05) is 17.9 Å². The zero-order valence-electron chi connectivity index (χ0n) is 9.56. The number of benzene rings is 1. The molecule has 0 aliphatic rings. The summed E-state index contributed by atoms with van der Waals surface area (Å²) in [6.45, 7) is -0.387. The standard InChI is InChI=1S/C13H12ClF3O/c14-8-2-1-4-11-5-3-6-12(10-11)18-9-7-13(15,16)17/h3,5-6,10H,2,7-9H2. The molecule has 0 radical (unpaired) electrons. The maximum Gasteiger partial charge on any atom is 0.392 e. The van der Waals surface area contributed by atoms with Crippen LogP contribution in [0.15, 0.2) is 24.3 Å². The number of hydrogen-bond donors (Lipinski definition) is 0. The number of halogens is 4. The number of alkyl halides is 4. The summed E-state index contributed by atoms with van der Waals surface area (Å²) in [5, 5.41) is 0. The van der Waals surface area contributed by atoms with E-state index in [2.05, 4.69) is 11.8 Å². The number of hydrogen-bond acceptors (Lipinski definition) is 1. The molecule has 0 aliphatic carbocycles. The topological polar surface area (TPSA) is 9.23 Å². The van der Waals surface area contributed by atoms with Crippen LogP contribution in [-0.4, -0.2) is 18.7 Å². The summed E-state index contributed by atoms with van der Waals surface area (Å²) in [4.78, 5) is 0. The third-order valence-corrected chi connectivity index (χ3v) is 2.13. The van der Waals surface area contributed by atoms with Crippen LogP contribution in [0.4, 0.5) is 13.2 Å². The summed E-state index contributed by atoms with van der Waals surface area (Å²) in [6, 6.07) is 6.66. The van der Waals surface area contributed by atoms with E-state index < -0.39 is 12.6 Å². The fourth-order valence-corrected chi connectivity index (χ4v) is 1.25. The second-order valence-corrected chi connectivity index (χ2v) is 3.86. The molecule has 0 saturated heterocycles. The molecular weight excluding hydrogens is 265 g/mol. The Kier molecular flexibility index (Phi) is 5.87. The largest absolute Gasteiger partial charge is 0.493 e. The molecule has 1 rings (SSSR count). The summed E-state index contributed by atoms with van der Waals surface area (Å²) >= 11 is 5.48. The van der Waals surface area contributed by atoms with E-state index in [0.717, 1.165) is 0 Å². The fourth-order valence-electron chi connectivity index (χ4n) is 1.16. The van der Waals surface area contributed by atoms with Crippen molar-refractivity contribution in [1.82, 2.24) is 0 Å². The Morgan fingerprint density at radius 1 is 1.28 bits per heavy atom. The van der Waals surface area contributed by atoms with Crippen LogP contribution in [-0.2, 0) is 0 Å². The van der Waals surface area contributed by atoms with Gasteiger partial charge in [-0.1, -0.05) is 17.9 Å². The van der Waals surface area contributed by atoms with E-state index in [1.165, 1.54) is 0 Å². The molecule has 0 spiro atoms. The molecule has 0 aromatic heterocycles. The quantitative estimate of drug-likeness (QED) is 0.597. The van der Waals surface area contributed by atoms with Crippen molar-refractivity contribution in [2.75, 3.05) is 12.5 Å². The summed E-state index contributed by atoms with van der Waals surface area (Å²) in [5.41, 5.74) is 0.699. The first-order chi connectivity index (χ1) is 8.51. The highest BCUT2D eigenvalue weighted by Crippen LogP contribution is 2.20. The Hall–Kier alpha value is -1.34. The Morgan fingerprint density at radius 3 is 2.72 bits per heavy atom. The van der Waals surface area contributed by atoms with Gasteiger partial charge in [0.1, 0.15) is 5.75 Å². The molecule has 0 unspecified atom stereocenters. The van der Waals surface area contributed by atoms with E-state index in [0.29, 0.717) is 23.6 Å². The third kappa shape index (κ3) is 6.41. The molecule has 0 heterocycles. The van der Waals surface area contributed by atoms with Crippen LogP contribution in [0, 0.1) is 11.8 Å². The fraction of sp³-hybridized carbons (Fsp3) is 0.385. The highest BCUT2D eigenvalue weighted by Gasteiger charge is 2.26. The van der Waals surface area contributed by atoms with Crippen molar-refractivity contribution >= 4 is 11.6 Å². The third-order valence-electron chi connectivity index (χ3n) is 1.94. The minimum atomic E-state index is -4.20. The molecule has 98 valence electrons. The lowest BCUT2D eigenvalue weighted by Gasteiger charge is -2.08. The van der Waals surface area contributed by atoms with Gasteiger partial charge in [0.2, 0.25) is 0 Å². The van der Waals surface area contributed by atoms with Crippen molar-refractivity contribution in [2.45, 2.75) is 19.0 Å². The lowest BCUT2D eigenvalue weighted by atomic mass is 10.2. The van der Waals surface area contributed by atoms with E-state index in [-0.39, 0.29) is 6.61 Å². The van der Waals surface area contributed by atoms with Crippen molar-refractivity contribution in [3.63, 3.8) is 0 Å². The van der Waals surface area contributed by atoms with Gasteiger partial charge in [0.15, 0.2) is 0 Å². The SMILES string of the molecule is FC(F)(F)CCOc1cccc(C#CCCCl)c1. The molecule has 1 aromatic rings. The van der Waals surface area contributed by atoms with Crippen molar-refractivity contribution in [1.29, 1.82) is 0 Å². The summed E-state index contributed by atoms with van der Waals surface area (Å²) in [5.74, 6) is 6.54. The van der Waals surface area contributed by atoms with Crippen LogP contribution in [0.2, 0.25) is 0 Å². The van der Waals surface area contributed by atoms with Gasteiger partial charge >= 0.3 is 6.18 Å². The predicted molar refractivity (Wildman–Crippen MR) is 64.8 cm³/mol. The smallest absolute Gasteiger partial charge is 0.392 e. The van der Waals surface area contributed by atoms with Gasteiger partial charge in [-0.15, -0.1) is 11.6 Å². The summed E-state index contributed by atoms with van der Waals surface area (Å²) in [7, 11) is 0. The van der Waals surface area contributed by atoms with Gasteiger partial charge in [-0.3, -0.25) is 0 Å². The highest BCUT2D eigenvalue weighted by atomic mass is 35.5. The Balaban J connectivity index is 2.53. The monoisotopic (exact) mass is 276 g/mol. The van der Waals surface area contributed by atoms with Gasteiger partial charge in [-0.05, 0) is 18.2 Å². The molecule has 0 bridgehead atoms. The van der Waals surface area contributed by atoms with Crippen LogP contribution in [0.5, 0.6) is 5.75 Å². The van der Waals surface area contributed by atoms with E-state index in [4.69, 9.17) is 16.3 Å². The van der Waals surface area contributed by atoms with Crippen molar-refractivity contribution in [3.05, 3.63) is 29.8 Å². The molecular formula is C13H12ClF3O. The Bertz CT molecular complexity index is 432. The summed E-state index contributed by atoms with van der Waals surface area (Å²) in [6.07, 6.45) is -4.59. The molecule has 1 nitrogen and oxygen atoms in total. The Morgan fingerprint density at radius 2 is 2.06 bits per heavy atom. The summed E-state index contributed by atoms with van der Waals surface area (Å²) < 4.78 is 40.8. The molecule has 0 fully saturated rings. The maximum atomic E-state index is 11.9. The van der Waals surface area contributed by atoms with Gasteiger partial charge in [-0.2, -0.15) is 13.2 Å². The van der Waals surface area contributed by atoms with E-state index >= 15 is 0 Å².